The number of rotatable bonds is 5. The van der Waals surface area contributed by atoms with Crippen molar-refractivity contribution in [2.45, 2.75) is 25.5 Å². The maximum absolute atomic E-state index is 13.7. The van der Waals surface area contributed by atoms with Gasteiger partial charge < -0.3 is 28.9 Å². The number of nitrogens with zero attached hydrogens (tertiary/aromatic N) is 4. The van der Waals surface area contributed by atoms with Crippen molar-refractivity contribution in [2.24, 2.45) is 10.6 Å². The third kappa shape index (κ3) is 4.28. The fourth-order valence-electron chi connectivity index (χ4n) is 5.52. The molecule has 2 aromatic carbocycles. The summed E-state index contributed by atoms with van der Waals surface area (Å²) in [4.78, 5) is 12.3. The molecule has 2 saturated heterocycles. The SMILES string of the molecule is COc1cc(C=C2CC3(COC3)CN3C2=NOC(CO)C3c2ccc(F)cc2)ccc1-n1cnc(C)c1. The van der Waals surface area contributed by atoms with E-state index in [9.17, 15) is 9.50 Å². The molecule has 4 heterocycles. The summed E-state index contributed by atoms with van der Waals surface area (Å²) in [6.07, 6.45) is 6.06. The number of amidine groups is 1. The monoisotopic (exact) mass is 504 g/mol. The highest BCUT2D eigenvalue weighted by Gasteiger charge is 2.50. The lowest BCUT2D eigenvalue weighted by Gasteiger charge is -2.53. The van der Waals surface area contributed by atoms with Gasteiger partial charge in [0.25, 0.3) is 0 Å². The van der Waals surface area contributed by atoms with Crippen LogP contribution in [0.5, 0.6) is 5.75 Å². The van der Waals surface area contributed by atoms with E-state index >= 15 is 0 Å². The predicted octanol–water partition coefficient (Wildman–Crippen LogP) is 3.88. The number of oxime groups is 1. The smallest absolute Gasteiger partial charge is 0.174 e. The van der Waals surface area contributed by atoms with Crippen LogP contribution in [0.2, 0.25) is 0 Å². The fraction of sp³-hybridized carbons (Fsp3) is 0.357. The molecule has 3 aromatic rings. The molecule has 8 nitrogen and oxygen atoms in total. The van der Waals surface area contributed by atoms with E-state index in [0.29, 0.717) is 19.8 Å². The Balaban J connectivity index is 1.40. The van der Waals surface area contributed by atoms with Gasteiger partial charge >= 0.3 is 0 Å². The highest BCUT2D eigenvalue weighted by molar-refractivity contribution is 6.03. The number of methoxy groups -OCH3 is 1. The van der Waals surface area contributed by atoms with Crippen molar-refractivity contribution >= 4 is 11.9 Å². The van der Waals surface area contributed by atoms with E-state index < -0.39 is 6.10 Å². The quantitative estimate of drug-likeness (QED) is 0.568. The summed E-state index contributed by atoms with van der Waals surface area (Å²) in [5.41, 5.74) is 4.63. The molecule has 192 valence electrons. The molecule has 6 rings (SSSR count). The molecule has 3 aliphatic heterocycles. The van der Waals surface area contributed by atoms with Crippen LogP contribution in [0.4, 0.5) is 4.39 Å². The largest absolute Gasteiger partial charge is 0.495 e. The summed E-state index contributed by atoms with van der Waals surface area (Å²) >= 11 is 0. The lowest BCUT2D eigenvalue weighted by atomic mass is 9.74. The second kappa shape index (κ2) is 9.32. The Morgan fingerprint density at radius 3 is 2.68 bits per heavy atom. The van der Waals surface area contributed by atoms with Crippen LogP contribution < -0.4 is 4.74 Å². The number of aryl methyl sites for hydroxylation is 1. The number of fused-ring (bicyclic) bond motifs is 1. The molecule has 2 unspecified atom stereocenters. The average molecular weight is 505 g/mol. The maximum atomic E-state index is 13.7. The third-order valence-corrected chi connectivity index (χ3v) is 7.34. The fourth-order valence-corrected chi connectivity index (χ4v) is 5.52. The van der Waals surface area contributed by atoms with Gasteiger partial charge in [0.05, 0.1) is 50.7 Å². The van der Waals surface area contributed by atoms with Gasteiger partial charge in [-0.25, -0.2) is 9.37 Å². The van der Waals surface area contributed by atoms with Crippen molar-refractivity contribution in [3.05, 3.63) is 83.2 Å². The Labute approximate surface area is 214 Å². The van der Waals surface area contributed by atoms with Crippen LogP contribution in [0.25, 0.3) is 11.8 Å². The molecule has 9 heteroatoms. The number of piperidine rings is 1. The predicted molar refractivity (Wildman–Crippen MR) is 136 cm³/mol. The molecule has 37 heavy (non-hydrogen) atoms. The van der Waals surface area contributed by atoms with Crippen molar-refractivity contribution in [1.82, 2.24) is 14.5 Å². The van der Waals surface area contributed by atoms with Crippen LogP contribution in [0.1, 0.15) is 29.3 Å². The zero-order valence-electron chi connectivity index (χ0n) is 20.8. The van der Waals surface area contributed by atoms with E-state index in [4.69, 9.17) is 14.3 Å². The summed E-state index contributed by atoms with van der Waals surface area (Å²) in [6.45, 7) is 3.76. The zero-order valence-corrected chi connectivity index (χ0v) is 20.8. The topological polar surface area (TPSA) is 81.3 Å². The highest BCUT2D eigenvalue weighted by Crippen LogP contribution is 2.46. The average Bonchev–Trinajstić information content (AvgIpc) is 3.33. The first-order valence-electron chi connectivity index (χ1n) is 12.3. The summed E-state index contributed by atoms with van der Waals surface area (Å²) in [5.74, 6) is 1.15. The van der Waals surface area contributed by atoms with E-state index in [1.807, 2.05) is 35.9 Å². The molecule has 2 fully saturated rings. The van der Waals surface area contributed by atoms with Gasteiger partial charge in [0.2, 0.25) is 0 Å². The molecular formula is C28H29FN4O4. The van der Waals surface area contributed by atoms with E-state index in [2.05, 4.69) is 21.1 Å². The molecule has 0 radical (unpaired) electrons. The van der Waals surface area contributed by atoms with E-state index in [-0.39, 0.29) is 23.9 Å². The van der Waals surface area contributed by atoms with Crippen molar-refractivity contribution < 1.29 is 23.8 Å². The Morgan fingerprint density at radius 1 is 1.22 bits per heavy atom. The Hall–Kier alpha value is -3.69. The van der Waals surface area contributed by atoms with Crippen LogP contribution in [0.15, 0.2) is 65.7 Å². The molecular weight excluding hydrogens is 475 g/mol. The Bertz CT molecular complexity index is 1360. The first-order chi connectivity index (χ1) is 18.0. The number of ether oxygens (including phenoxy) is 2. The second-order valence-electron chi connectivity index (χ2n) is 10.1. The van der Waals surface area contributed by atoms with Gasteiger partial charge in [-0.15, -0.1) is 0 Å². The van der Waals surface area contributed by atoms with Gasteiger partial charge in [-0.2, -0.15) is 0 Å². The molecule has 0 bridgehead atoms. The third-order valence-electron chi connectivity index (χ3n) is 7.34. The van der Waals surface area contributed by atoms with Crippen molar-refractivity contribution in [3.8, 4) is 11.4 Å². The van der Waals surface area contributed by atoms with Crippen LogP contribution in [0.3, 0.4) is 0 Å². The van der Waals surface area contributed by atoms with Crippen LogP contribution >= 0.6 is 0 Å². The zero-order chi connectivity index (χ0) is 25.6. The summed E-state index contributed by atoms with van der Waals surface area (Å²) < 4.78 is 27.0. The second-order valence-corrected chi connectivity index (χ2v) is 10.1. The lowest BCUT2D eigenvalue weighted by Crippen LogP contribution is -2.60. The first kappa shape index (κ1) is 23.7. The number of aromatic nitrogens is 2. The number of halogens is 1. The van der Waals surface area contributed by atoms with Gasteiger partial charge in [0, 0.05) is 18.2 Å². The highest BCUT2D eigenvalue weighted by atomic mass is 19.1. The Kier molecular flexibility index (Phi) is 5.97. The molecule has 1 spiro atoms. The van der Waals surface area contributed by atoms with Crippen molar-refractivity contribution in [2.75, 3.05) is 33.5 Å². The van der Waals surface area contributed by atoms with Crippen LogP contribution in [-0.4, -0.2) is 65.0 Å². The molecule has 3 aliphatic rings. The Morgan fingerprint density at radius 2 is 2.03 bits per heavy atom. The standard InChI is InChI=1S/C28H29FN4O4/c1-18-12-32(17-30-18)23-8-3-19(10-24(23)35-2)9-21-11-28(15-36-16-28)14-33-26(20-4-6-22(29)7-5-20)25(13-34)37-31-27(21)33/h3-10,12,17,25-26,34H,11,13-16H2,1-2H3. The van der Waals surface area contributed by atoms with E-state index in [1.165, 1.54) is 12.1 Å². The number of aliphatic hydroxyl groups is 1. The van der Waals surface area contributed by atoms with Gasteiger partial charge in [0.1, 0.15) is 11.6 Å². The number of imidazole rings is 1. The molecule has 1 N–H and O–H groups in total. The maximum Gasteiger partial charge on any atom is 0.174 e. The van der Waals surface area contributed by atoms with Crippen LogP contribution in [0, 0.1) is 18.2 Å². The van der Waals surface area contributed by atoms with Gasteiger partial charge in [-0.3, -0.25) is 0 Å². The first-order valence-corrected chi connectivity index (χ1v) is 12.3. The lowest BCUT2D eigenvalue weighted by molar-refractivity contribution is -0.139. The molecule has 0 aliphatic carbocycles. The summed E-state index contributed by atoms with van der Waals surface area (Å²) in [5, 5.41) is 14.6. The minimum Gasteiger partial charge on any atom is -0.495 e. The number of aliphatic hydroxyl groups excluding tert-OH is 1. The molecule has 0 amide bonds. The molecule has 1 aromatic heterocycles. The minimum atomic E-state index is -0.565. The molecule has 2 atom stereocenters. The van der Waals surface area contributed by atoms with E-state index in [1.54, 1.807) is 25.6 Å². The number of benzene rings is 2. The van der Waals surface area contributed by atoms with Gasteiger partial charge in [0.15, 0.2) is 11.9 Å². The minimum absolute atomic E-state index is 0.0567. The van der Waals surface area contributed by atoms with E-state index in [0.717, 1.165) is 46.1 Å². The number of hydrogen-bond acceptors (Lipinski definition) is 7. The summed E-state index contributed by atoms with van der Waals surface area (Å²) in [6, 6.07) is 12.1. The van der Waals surface area contributed by atoms with Gasteiger partial charge in [-0.1, -0.05) is 23.4 Å². The normalized spacial score (nSPS) is 23.3. The van der Waals surface area contributed by atoms with Gasteiger partial charge in [-0.05, 0) is 60.4 Å². The number of hydrogen-bond donors (Lipinski definition) is 1. The van der Waals surface area contributed by atoms with Crippen molar-refractivity contribution in [1.29, 1.82) is 0 Å². The summed E-state index contributed by atoms with van der Waals surface area (Å²) in [7, 11) is 1.66. The van der Waals surface area contributed by atoms with Crippen molar-refractivity contribution in [3.63, 3.8) is 0 Å². The van der Waals surface area contributed by atoms with Crippen LogP contribution in [-0.2, 0) is 9.57 Å². The molecule has 0 saturated carbocycles.